The Bertz CT molecular complexity index is 643. The summed E-state index contributed by atoms with van der Waals surface area (Å²) in [6, 6.07) is 0.524. The molecule has 0 radical (unpaired) electrons. The maximum absolute atomic E-state index is 11.9. The fourth-order valence-corrected chi connectivity index (χ4v) is 2.03. The molecule has 7 heteroatoms. The Morgan fingerprint density at radius 2 is 2.22 bits per heavy atom. The van der Waals surface area contributed by atoms with E-state index in [-0.39, 0.29) is 16.4 Å². The van der Waals surface area contributed by atoms with E-state index in [2.05, 4.69) is 14.5 Å². The highest BCUT2D eigenvalue weighted by atomic mass is 35.5. The number of nitrogens with two attached hydrogens (primary N) is 1. The summed E-state index contributed by atoms with van der Waals surface area (Å²) in [6.07, 6.45) is 7.30. The Morgan fingerprint density at radius 3 is 2.94 bits per heavy atom. The van der Waals surface area contributed by atoms with E-state index in [9.17, 15) is 4.79 Å². The predicted molar refractivity (Wildman–Crippen MR) is 67.5 cm³/mol. The highest BCUT2D eigenvalue weighted by Gasteiger charge is 2.25. The van der Waals surface area contributed by atoms with E-state index in [0.717, 1.165) is 5.69 Å². The van der Waals surface area contributed by atoms with Gasteiger partial charge in [-0.2, -0.15) is 0 Å². The van der Waals surface area contributed by atoms with Gasteiger partial charge in [0.2, 0.25) is 0 Å². The number of nitrogen functional groups attached to an aromatic ring is 1. The molecular weight excluding hydrogens is 254 g/mol. The normalized spacial score (nSPS) is 14.9. The number of anilines is 1. The second-order valence-electron chi connectivity index (χ2n) is 4.41. The molecule has 0 amide bonds. The summed E-state index contributed by atoms with van der Waals surface area (Å²) in [7, 11) is 0. The first-order chi connectivity index (χ1) is 8.66. The lowest BCUT2D eigenvalue weighted by atomic mass is 10.4. The third-order valence-corrected chi connectivity index (χ3v) is 3.34. The van der Waals surface area contributed by atoms with E-state index >= 15 is 0 Å². The van der Waals surface area contributed by atoms with E-state index in [1.165, 1.54) is 23.7 Å². The second kappa shape index (κ2) is 4.13. The molecule has 2 heterocycles. The molecule has 1 saturated carbocycles. The van der Waals surface area contributed by atoms with E-state index in [0.29, 0.717) is 12.6 Å². The second-order valence-corrected chi connectivity index (χ2v) is 4.76. The van der Waals surface area contributed by atoms with Crippen LogP contribution in [0.3, 0.4) is 0 Å². The first-order valence-corrected chi connectivity index (χ1v) is 6.05. The van der Waals surface area contributed by atoms with Gasteiger partial charge in [0.25, 0.3) is 5.56 Å². The first-order valence-electron chi connectivity index (χ1n) is 5.68. The molecule has 0 aliphatic heterocycles. The Labute approximate surface area is 108 Å². The summed E-state index contributed by atoms with van der Waals surface area (Å²) in [5.41, 5.74) is 6.21. The summed E-state index contributed by atoms with van der Waals surface area (Å²) in [5, 5.41) is 0.0481. The standard InChI is InChI=1S/C11H12ClN5O/c12-10-9(13)11(18)16(6-15-10)4-8-3-14-5-17(8)7-1-2-7/h3,5-7H,1-2,4,13H2. The number of imidazole rings is 1. The highest BCUT2D eigenvalue weighted by Crippen LogP contribution is 2.35. The van der Waals surface area contributed by atoms with Crippen LogP contribution in [0.4, 0.5) is 5.69 Å². The van der Waals surface area contributed by atoms with Crippen LogP contribution in [0.5, 0.6) is 0 Å². The lowest BCUT2D eigenvalue weighted by Crippen LogP contribution is -2.25. The fourth-order valence-electron chi connectivity index (χ4n) is 1.91. The van der Waals surface area contributed by atoms with Crippen LogP contribution in [-0.4, -0.2) is 19.1 Å². The fraction of sp³-hybridized carbons (Fsp3) is 0.364. The Balaban J connectivity index is 1.95. The van der Waals surface area contributed by atoms with Crippen molar-refractivity contribution in [1.82, 2.24) is 19.1 Å². The molecule has 18 heavy (non-hydrogen) atoms. The van der Waals surface area contributed by atoms with Crippen molar-refractivity contribution in [1.29, 1.82) is 0 Å². The third-order valence-electron chi connectivity index (χ3n) is 3.04. The molecule has 94 valence electrons. The van der Waals surface area contributed by atoms with Crippen LogP contribution in [0.25, 0.3) is 0 Å². The zero-order valence-corrected chi connectivity index (χ0v) is 10.3. The van der Waals surface area contributed by atoms with Gasteiger partial charge in [0, 0.05) is 12.2 Å². The van der Waals surface area contributed by atoms with Crippen LogP contribution in [0, 0.1) is 0 Å². The molecular formula is C11H12ClN5O. The van der Waals surface area contributed by atoms with Crippen molar-refractivity contribution in [2.45, 2.75) is 25.4 Å². The summed E-state index contributed by atoms with van der Waals surface area (Å²) in [6.45, 7) is 0.406. The molecule has 0 saturated heterocycles. The molecule has 2 N–H and O–H groups in total. The smallest absolute Gasteiger partial charge is 0.278 e. The van der Waals surface area contributed by atoms with Gasteiger partial charge in [-0.25, -0.2) is 9.97 Å². The molecule has 2 aromatic rings. The Morgan fingerprint density at radius 1 is 1.44 bits per heavy atom. The molecule has 2 aromatic heterocycles. The van der Waals surface area contributed by atoms with Crippen LogP contribution in [0.2, 0.25) is 5.15 Å². The van der Waals surface area contributed by atoms with E-state index < -0.39 is 0 Å². The van der Waals surface area contributed by atoms with Crippen LogP contribution < -0.4 is 11.3 Å². The van der Waals surface area contributed by atoms with Crippen molar-refractivity contribution in [2.24, 2.45) is 0 Å². The molecule has 0 atom stereocenters. The predicted octanol–water partition coefficient (Wildman–Crippen LogP) is 1.06. The lowest BCUT2D eigenvalue weighted by Gasteiger charge is -2.09. The summed E-state index contributed by atoms with van der Waals surface area (Å²) >= 11 is 5.69. The topological polar surface area (TPSA) is 78.7 Å². The molecule has 1 fully saturated rings. The van der Waals surface area contributed by atoms with Crippen molar-refractivity contribution >= 4 is 17.3 Å². The van der Waals surface area contributed by atoms with Gasteiger partial charge in [0.05, 0.1) is 24.9 Å². The average molecular weight is 266 g/mol. The van der Waals surface area contributed by atoms with Crippen molar-refractivity contribution in [2.75, 3.05) is 5.73 Å². The van der Waals surface area contributed by atoms with Gasteiger partial charge in [-0.1, -0.05) is 11.6 Å². The van der Waals surface area contributed by atoms with Crippen LogP contribution in [0.15, 0.2) is 23.6 Å². The number of rotatable bonds is 3. The molecule has 1 aliphatic rings. The highest BCUT2D eigenvalue weighted by molar-refractivity contribution is 6.31. The van der Waals surface area contributed by atoms with Crippen molar-refractivity contribution < 1.29 is 0 Å². The van der Waals surface area contributed by atoms with Crippen LogP contribution in [0.1, 0.15) is 24.6 Å². The quantitative estimate of drug-likeness (QED) is 0.842. The summed E-state index contributed by atoms with van der Waals surface area (Å²) in [4.78, 5) is 19.9. The number of nitrogens with zero attached hydrogens (tertiary/aromatic N) is 4. The third kappa shape index (κ3) is 1.88. The van der Waals surface area contributed by atoms with Gasteiger partial charge in [0.1, 0.15) is 5.69 Å². The zero-order chi connectivity index (χ0) is 12.7. The van der Waals surface area contributed by atoms with Gasteiger partial charge in [-0.3, -0.25) is 9.36 Å². The minimum atomic E-state index is -0.321. The molecule has 0 unspecified atom stereocenters. The first kappa shape index (κ1) is 11.3. The monoisotopic (exact) mass is 265 g/mol. The number of hydrogen-bond donors (Lipinski definition) is 1. The van der Waals surface area contributed by atoms with E-state index in [1.807, 2.05) is 0 Å². The van der Waals surface area contributed by atoms with Crippen molar-refractivity contribution in [3.63, 3.8) is 0 Å². The van der Waals surface area contributed by atoms with Gasteiger partial charge in [-0.05, 0) is 12.8 Å². The molecule has 6 nitrogen and oxygen atoms in total. The Kier molecular flexibility index (Phi) is 2.59. The van der Waals surface area contributed by atoms with E-state index in [4.69, 9.17) is 17.3 Å². The summed E-state index contributed by atoms with van der Waals surface area (Å²) < 4.78 is 3.54. The van der Waals surface area contributed by atoms with Crippen molar-refractivity contribution in [3.05, 3.63) is 40.1 Å². The van der Waals surface area contributed by atoms with E-state index in [1.54, 1.807) is 12.5 Å². The van der Waals surface area contributed by atoms with Crippen molar-refractivity contribution in [3.8, 4) is 0 Å². The van der Waals surface area contributed by atoms with Gasteiger partial charge >= 0.3 is 0 Å². The number of halogens is 1. The average Bonchev–Trinajstić information content (AvgIpc) is 3.11. The Hall–Kier alpha value is -1.82. The minimum absolute atomic E-state index is 0.0170. The SMILES string of the molecule is Nc1c(Cl)ncn(Cc2cncn2C2CC2)c1=O. The number of aromatic nitrogens is 4. The number of hydrogen-bond acceptors (Lipinski definition) is 4. The van der Waals surface area contributed by atoms with Gasteiger partial charge < -0.3 is 10.3 Å². The van der Waals surface area contributed by atoms with Crippen LogP contribution in [-0.2, 0) is 6.54 Å². The minimum Gasteiger partial charge on any atom is -0.392 e. The summed E-state index contributed by atoms with van der Waals surface area (Å²) in [5.74, 6) is 0. The maximum atomic E-state index is 11.9. The molecule has 3 rings (SSSR count). The molecule has 1 aliphatic carbocycles. The zero-order valence-electron chi connectivity index (χ0n) is 9.58. The molecule has 0 bridgehead atoms. The largest absolute Gasteiger partial charge is 0.392 e. The van der Waals surface area contributed by atoms with Crippen LogP contribution >= 0.6 is 11.6 Å². The van der Waals surface area contributed by atoms with Gasteiger partial charge in [0.15, 0.2) is 5.15 Å². The molecule has 0 spiro atoms. The maximum Gasteiger partial charge on any atom is 0.278 e. The van der Waals surface area contributed by atoms with Gasteiger partial charge in [-0.15, -0.1) is 0 Å². The lowest BCUT2D eigenvalue weighted by molar-refractivity contribution is 0.639. The molecule has 0 aromatic carbocycles.